The monoisotopic (exact) mass is 269 g/mol. The molecule has 0 aliphatic heterocycles. The Bertz CT molecular complexity index is 376. The third kappa shape index (κ3) is 4.78. The van der Waals surface area contributed by atoms with E-state index in [0.717, 1.165) is 24.3 Å². The summed E-state index contributed by atoms with van der Waals surface area (Å²) in [5.74, 6) is 1.37. The highest BCUT2D eigenvalue weighted by atomic mass is 32.2. The van der Waals surface area contributed by atoms with E-state index in [2.05, 4.69) is 6.92 Å². The third-order valence-corrected chi connectivity index (χ3v) is 4.39. The summed E-state index contributed by atoms with van der Waals surface area (Å²) < 4.78 is 17.2. The summed E-state index contributed by atoms with van der Waals surface area (Å²) in [4.78, 5) is 0. The molecule has 18 heavy (non-hydrogen) atoms. The molecule has 2 N–H and O–H groups in total. The Balaban J connectivity index is 2.58. The van der Waals surface area contributed by atoms with E-state index in [4.69, 9.17) is 10.5 Å². The van der Waals surface area contributed by atoms with Crippen LogP contribution in [-0.4, -0.2) is 21.8 Å². The van der Waals surface area contributed by atoms with Crippen LogP contribution in [0.2, 0.25) is 0 Å². The lowest BCUT2D eigenvalue weighted by molar-refractivity contribution is 0.317. The van der Waals surface area contributed by atoms with E-state index >= 15 is 0 Å². The number of hydrogen-bond donors (Lipinski definition) is 1. The van der Waals surface area contributed by atoms with Gasteiger partial charge in [0.15, 0.2) is 0 Å². The molecule has 4 heteroatoms. The maximum absolute atomic E-state index is 11.7. The van der Waals surface area contributed by atoms with Crippen LogP contribution in [0.5, 0.6) is 5.75 Å². The summed E-state index contributed by atoms with van der Waals surface area (Å²) in [6, 6.07) is 7.57. The highest BCUT2D eigenvalue weighted by Gasteiger charge is 2.13. The fourth-order valence-corrected chi connectivity index (χ4v) is 2.43. The zero-order valence-electron chi connectivity index (χ0n) is 11.4. The molecule has 0 fully saturated rings. The molecule has 0 aliphatic rings. The molecule has 0 spiro atoms. The predicted octanol–water partition coefficient (Wildman–Crippen LogP) is 2.63. The SMILES string of the molecule is CCCOc1ccc(C(N)CS(=O)C(C)C)cc1. The zero-order valence-corrected chi connectivity index (χ0v) is 12.2. The fourth-order valence-electron chi connectivity index (χ4n) is 1.50. The zero-order chi connectivity index (χ0) is 13.5. The van der Waals surface area contributed by atoms with Crippen LogP contribution in [0.25, 0.3) is 0 Å². The number of rotatable bonds is 7. The topological polar surface area (TPSA) is 52.3 Å². The third-order valence-electron chi connectivity index (χ3n) is 2.65. The van der Waals surface area contributed by atoms with Crippen molar-refractivity contribution in [1.82, 2.24) is 0 Å². The summed E-state index contributed by atoms with van der Waals surface area (Å²) in [6.45, 7) is 6.70. The van der Waals surface area contributed by atoms with E-state index in [-0.39, 0.29) is 11.3 Å². The molecular weight excluding hydrogens is 246 g/mol. The molecule has 2 unspecified atom stereocenters. The van der Waals surface area contributed by atoms with Crippen LogP contribution in [0.3, 0.4) is 0 Å². The van der Waals surface area contributed by atoms with Crippen molar-refractivity contribution in [1.29, 1.82) is 0 Å². The first kappa shape index (κ1) is 15.2. The van der Waals surface area contributed by atoms with Crippen LogP contribution in [-0.2, 0) is 10.8 Å². The van der Waals surface area contributed by atoms with Gasteiger partial charge < -0.3 is 10.5 Å². The second-order valence-corrected chi connectivity index (χ2v) is 6.66. The molecule has 0 radical (unpaired) electrons. The van der Waals surface area contributed by atoms with Gasteiger partial charge in [-0.1, -0.05) is 32.9 Å². The van der Waals surface area contributed by atoms with E-state index in [1.807, 2.05) is 38.1 Å². The molecule has 0 aromatic heterocycles. The van der Waals surface area contributed by atoms with Gasteiger partial charge in [0.1, 0.15) is 5.75 Å². The first-order valence-corrected chi connectivity index (χ1v) is 7.78. The molecule has 0 bridgehead atoms. The molecule has 0 aliphatic carbocycles. The summed E-state index contributed by atoms with van der Waals surface area (Å²) >= 11 is 0. The predicted molar refractivity (Wildman–Crippen MR) is 77.3 cm³/mol. The van der Waals surface area contributed by atoms with E-state index in [9.17, 15) is 4.21 Å². The van der Waals surface area contributed by atoms with Crippen molar-refractivity contribution in [2.24, 2.45) is 5.73 Å². The Labute approximate surface area is 112 Å². The minimum Gasteiger partial charge on any atom is -0.494 e. The Morgan fingerprint density at radius 2 is 1.89 bits per heavy atom. The Hall–Kier alpha value is -0.870. The normalized spacial score (nSPS) is 14.5. The van der Waals surface area contributed by atoms with Crippen molar-refractivity contribution < 1.29 is 8.95 Å². The number of ether oxygens (including phenoxy) is 1. The van der Waals surface area contributed by atoms with Gasteiger partial charge in [0.05, 0.1) is 6.61 Å². The van der Waals surface area contributed by atoms with Crippen LogP contribution in [0.4, 0.5) is 0 Å². The standard InChI is InChI=1S/C14H23NO2S/c1-4-9-17-13-7-5-12(6-8-13)14(15)10-18(16)11(2)3/h5-8,11,14H,4,9-10,15H2,1-3H3. The molecule has 1 rings (SSSR count). The lowest BCUT2D eigenvalue weighted by atomic mass is 10.1. The fraction of sp³-hybridized carbons (Fsp3) is 0.571. The van der Waals surface area contributed by atoms with Crippen molar-refractivity contribution in [3.63, 3.8) is 0 Å². The van der Waals surface area contributed by atoms with Crippen LogP contribution in [0, 0.1) is 0 Å². The number of benzene rings is 1. The van der Waals surface area contributed by atoms with E-state index in [1.54, 1.807) is 0 Å². The van der Waals surface area contributed by atoms with Gasteiger partial charge in [0.2, 0.25) is 0 Å². The highest BCUT2D eigenvalue weighted by molar-refractivity contribution is 7.85. The van der Waals surface area contributed by atoms with E-state index in [0.29, 0.717) is 5.75 Å². The van der Waals surface area contributed by atoms with Crippen LogP contribution in [0.15, 0.2) is 24.3 Å². The lowest BCUT2D eigenvalue weighted by Crippen LogP contribution is -2.22. The summed E-state index contributed by atoms with van der Waals surface area (Å²) in [5, 5.41) is 0.156. The van der Waals surface area contributed by atoms with Gasteiger partial charge in [-0.2, -0.15) is 0 Å². The Morgan fingerprint density at radius 1 is 1.28 bits per heavy atom. The number of hydrogen-bond acceptors (Lipinski definition) is 3. The largest absolute Gasteiger partial charge is 0.494 e. The van der Waals surface area contributed by atoms with E-state index in [1.165, 1.54) is 0 Å². The van der Waals surface area contributed by atoms with Crippen molar-refractivity contribution in [3.8, 4) is 5.75 Å². The lowest BCUT2D eigenvalue weighted by Gasteiger charge is -2.14. The van der Waals surface area contributed by atoms with Crippen LogP contribution < -0.4 is 10.5 Å². The molecule has 1 aromatic rings. The van der Waals surface area contributed by atoms with Gasteiger partial charge in [0.25, 0.3) is 0 Å². The van der Waals surface area contributed by atoms with Crippen LogP contribution >= 0.6 is 0 Å². The first-order valence-electron chi connectivity index (χ1n) is 6.40. The highest BCUT2D eigenvalue weighted by Crippen LogP contribution is 2.18. The molecule has 0 heterocycles. The molecule has 0 saturated carbocycles. The van der Waals surface area contributed by atoms with Crippen molar-refractivity contribution in [2.45, 2.75) is 38.5 Å². The number of nitrogens with two attached hydrogens (primary N) is 1. The minimum absolute atomic E-state index is 0.156. The quantitative estimate of drug-likeness (QED) is 0.828. The maximum atomic E-state index is 11.7. The summed E-state index contributed by atoms with van der Waals surface area (Å²) in [5.41, 5.74) is 7.06. The van der Waals surface area contributed by atoms with E-state index < -0.39 is 10.8 Å². The van der Waals surface area contributed by atoms with Gasteiger partial charge in [-0.05, 0) is 24.1 Å². The molecule has 3 nitrogen and oxygen atoms in total. The Morgan fingerprint density at radius 3 is 2.39 bits per heavy atom. The minimum atomic E-state index is -0.869. The molecule has 0 amide bonds. The molecule has 0 saturated heterocycles. The molecule has 102 valence electrons. The van der Waals surface area contributed by atoms with Gasteiger partial charge in [0, 0.05) is 27.8 Å². The van der Waals surface area contributed by atoms with Gasteiger partial charge in [-0.3, -0.25) is 4.21 Å². The van der Waals surface area contributed by atoms with Crippen molar-refractivity contribution >= 4 is 10.8 Å². The van der Waals surface area contributed by atoms with Gasteiger partial charge >= 0.3 is 0 Å². The van der Waals surface area contributed by atoms with Crippen molar-refractivity contribution in [3.05, 3.63) is 29.8 Å². The Kier molecular flexibility index (Phi) is 6.36. The smallest absolute Gasteiger partial charge is 0.119 e. The van der Waals surface area contributed by atoms with Gasteiger partial charge in [-0.15, -0.1) is 0 Å². The van der Waals surface area contributed by atoms with Crippen LogP contribution in [0.1, 0.15) is 38.8 Å². The first-order chi connectivity index (χ1) is 8.54. The summed E-state index contributed by atoms with van der Waals surface area (Å²) in [7, 11) is -0.869. The molecule has 2 atom stereocenters. The average molecular weight is 269 g/mol. The molecular formula is C14H23NO2S. The average Bonchev–Trinajstić information content (AvgIpc) is 2.36. The maximum Gasteiger partial charge on any atom is 0.119 e. The molecule has 1 aromatic carbocycles. The summed E-state index contributed by atoms with van der Waals surface area (Å²) in [6.07, 6.45) is 0.995. The second-order valence-electron chi connectivity index (χ2n) is 4.62. The second kappa shape index (κ2) is 7.54. The van der Waals surface area contributed by atoms with Crippen molar-refractivity contribution in [2.75, 3.05) is 12.4 Å². The van der Waals surface area contributed by atoms with Gasteiger partial charge in [-0.25, -0.2) is 0 Å².